The summed E-state index contributed by atoms with van der Waals surface area (Å²) in [5, 5.41) is 4.07. The summed E-state index contributed by atoms with van der Waals surface area (Å²) in [5.41, 5.74) is 1.91. The molecule has 0 N–H and O–H groups in total. The van der Waals surface area contributed by atoms with Crippen molar-refractivity contribution in [3.63, 3.8) is 0 Å². The minimum absolute atomic E-state index is 0.357. The van der Waals surface area contributed by atoms with Gasteiger partial charge in [-0.05, 0) is 13.8 Å². The quantitative estimate of drug-likeness (QED) is 0.691. The fraction of sp³-hybridized carbons (Fsp3) is 0.300. The molecule has 0 saturated carbocycles. The van der Waals surface area contributed by atoms with Gasteiger partial charge in [-0.3, -0.25) is 0 Å². The van der Waals surface area contributed by atoms with Crippen LogP contribution in [0.15, 0.2) is 18.5 Å². The van der Waals surface area contributed by atoms with Crippen LogP contribution in [0.5, 0.6) is 0 Å². The van der Waals surface area contributed by atoms with E-state index in [0.717, 1.165) is 11.3 Å². The molecule has 0 unspecified atom stereocenters. The third kappa shape index (κ3) is 1.56. The van der Waals surface area contributed by atoms with Crippen LogP contribution in [-0.2, 0) is 4.74 Å². The second-order valence-electron chi connectivity index (χ2n) is 3.08. The number of aromatic nitrogens is 3. The first-order valence-corrected chi connectivity index (χ1v) is 4.70. The van der Waals surface area contributed by atoms with Crippen LogP contribution >= 0.6 is 0 Å². The Hall–Kier alpha value is -1.91. The number of aryl methyl sites for hydroxylation is 1. The SMILES string of the molecule is CCOC(=O)c1cnc2ccnn2c1C. The Morgan fingerprint density at radius 1 is 1.60 bits per heavy atom. The highest BCUT2D eigenvalue weighted by Gasteiger charge is 2.13. The van der Waals surface area contributed by atoms with E-state index < -0.39 is 0 Å². The number of rotatable bonds is 2. The van der Waals surface area contributed by atoms with Crippen molar-refractivity contribution < 1.29 is 9.53 Å². The summed E-state index contributed by atoms with van der Waals surface area (Å²) in [7, 11) is 0. The van der Waals surface area contributed by atoms with E-state index in [0.29, 0.717) is 12.2 Å². The Morgan fingerprint density at radius 2 is 2.40 bits per heavy atom. The summed E-state index contributed by atoms with van der Waals surface area (Å²) in [4.78, 5) is 15.6. The molecule has 0 amide bonds. The Labute approximate surface area is 86.7 Å². The van der Waals surface area contributed by atoms with Crippen molar-refractivity contribution in [2.45, 2.75) is 13.8 Å². The lowest BCUT2D eigenvalue weighted by Gasteiger charge is -2.05. The molecule has 2 rings (SSSR count). The average molecular weight is 205 g/mol. The van der Waals surface area contributed by atoms with E-state index in [1.54, 1.807) is 23.7 Å². The van der Waals surface area contributed by atoms with Crippen molar-refractivity contribution in [3.8, 4) is 0 Å². The second kappa shape index (κ2) is 3.68. The zero-order valence-corrected chi connectivity index (χ0v) is 8.60. The monoisotopic (exact) mass is 205 g/mol. The Morgan fingerprint density at radius 3 is 3.13 bits per heavy atom. The third-order valence-corrected chi connectivity index (χ3v) is 2.15. The van der Waals surface area contributed by atoms with E-state index in [9.17, 15) is 4.79 Å². The van der Waals surface area contributed by atoms with Gasteiger partial charge >= 0.3 is 5.97 Å². The molecule has 0 saturated heterocycles. The van der Waals surface area contributed by atoms with Gasteiger partial charge in [0.2, 0.25) is 0 Å². The fourth-order valence-corrected chi connectivity index (χ4v) is 1.40. The van der Waals surface area contributed by atoms with Gasteiger partial charge in [-0.15, -0.1) is 0 Å². The molecular formula is C10H11N3O2. The van der Waals surface area contributed by atoms with Crippen LogP contribution in [0.25, 0.3) is 5.65 Å². The van der Waals surface area contributed by atoms with Crippen LogP contribution < -0.4 is 0 Å². The van der Waals surface area contributed by atoms with Gasteiger partial charge in [-0.1, -0.05) is 0 Å². The molecular weight excluding hydrogens is 194 g/mol. The van der Waals surface area contributed by atoms with Gasteiger partial charge in [0.1, 0.15) is 0 Å². The Kier molecular flexibility index (Phi) is 2.37. The summed E-state index contributed by atoms with van der Waals surface area (Å²) < 4.78 is 6.53. The maximum atomic E-state index is 11.5. The number of fused-ring (bicyclic) bond motifs is 1. The molecule has 0 aromatic carbocycles. The predicted molar refractivity (Wildman–Crippen MR) is 53.7 cm³/mol. The lowest BCUT2D eigenvalue weighted by atomic mass is 10.2. The number of nitrogens with zero attached hydrogens (tertiary/aromatic N) is 3. The Bertz CT molecular complexity index is 504. The molecule has 0 atom stereocenters. The topological polar surface area (TPSA) is 56.5 Å². The summed E-state index contributed by atoms with van der Waals surface area (Å²) in [6, 6.07) is 1.78. The van der Waals surface area contributed by atoms with Crippen LogP contribution in [0.4, 0.5) is 0 Å². The first-order valence-electron chi connectivity index (χ1n) is 4.70. The number of hydrogen-bond acceptors (Lipinski definition) is 4. The summed E-state index contributed by atoms with van der Waals surface area (Å²) >= 11 is 0. The number of hydrogen-bond donors (Lipinski definition) is 0. The standard InChI is InChI=1S/C10H11N3O2/c1-3-15-10(14)8-6-11-9-4-5-12-13(9)7(8)2/h4-6H,3H2,1-2H3. The molecule has 5 nitrogen and oxygen atoms in total. The molecule has 15 heavy (non-hydrogen) atoms. The number of carbonyl (C=O) groups is 1. The normalized spacial score (nSPS) is 10.5. The summed E-state index contributed by atoms with van der Waals surface area (Å²) in [5.74, 6) is -0.361. The summed E-state index contributed by atoms with van der Waals surface area (Å²) in [6.45, 7) is 3.94. The minimum atomic E-state index is -0.361. The van der Waals surface area contributed by atoms with E-state index in [1.165, 1.54) is 6.20 Å². The number of ether oxygens (including phenoxy) is 1. The lowest BCUT2D eigenvalue weighted by molar-refractivity contribution is 0.0524. The first-order chi connectivity index (χ1) is 7.24. The second-order valence-corrected chi connectivity index (χ2v) is 3.08. The first kappa shape index (κ1) is 9.64. The molecule has 2 aromatic rings. The van der Waals surface area contributed by atoms with Crippen molar-refractivity contribution in [2.75, 3.05) is 6.61 Å². The zero-order chi connectivity index (χ0) is 10.8. The van der Waals surface area contributed by atoms with Crippen molar-refractivity contribution in [1.29, 1.82) is 0 Å². The van der Waals surface area contributed by atoms with Crippen molar-refractivity contribution >= 4 is 11.6 Å². The fourth-order valence-electron chi connectivity index (χ4n) is 1.40. The van der Waals surface area contributed by atoms with Gasteiger partial charge in [-0.2, -0.15) is 5.10 Å². The predicted octanol–water partition coefficient (Wildman–Crippen LogP) is 1.21. The highest BCUT2D eigenvalue weighted by atomic mass is 16.5. The maximum Gasteiger partial charge on any atom is 0.341 e. The van der Waals surface area contributed by atoms with Crippen LogP contribution in [0.2, 0.25) is 0 Å². The van der Waals surface area contributed by atoms with Gasteiger partial charge in [0.25, 0.3) is 0 Å². The van der Waals surface area contributed by atoms with Crippen LogP contribution in [0.3, 0.4) is 0 Å². The molecule has 0 spiro atoms. The maximum absolute atomic E-state index is 11.5. The number of esters is 1. The smallest absolute Gasteiger partial charge is 0.341 e. The molecule has 2 heterocycles. The summed E-state index contributed by atoms with van der Waals surface area (Å²) in [6.07, 6.45) is 3.16. The minimum Gasteiger partial charge on any atom is -0.462 e. The van der Waals surface area contributed by atoms with E-state index in [1.807, 2.05) is 6.92 Å². The molecule has 0 fully saturated rings. The van der Waals surface area contributed by atoms with Gasteiger partial charge in [0.15, 0.2) is 5.65 Å². The highest BCUT2D eigenvalue weighted by Crippen LogP contribution is 2.09. The molecule has 78 valence electrons. The van der Waals surface area contributed by atoms with Gasteiger partial charge in [-0.25, -0.2) is 14.3 Å². The van der Waals surface area contributed by atoms with Gasteiger partial charge in [0, 0.05) is 12.3 Å². The van der Waals surface area contributed by atoms with E-state index in [-0.39, 0.29) is 5.97 Å². The molecule has 0 bridgehead atoms. The van der Waals surface area contributed by atoms with Gasteiger partial charge in [0.05, 0.1) is 24.1 Å². The third-order valence-electron chi connectivity index (χ3n) is 2.15. The molecule has 0 radical (unpaired) electrons. The highest BCUT2D eigenvalue weighted by molar-refractivity contribution is 5.90. The largest absolute Gasteiger partial charge is 0.462 e. The van der Waals surface area contributed by atoms with Crippen LogP contribution in [0, 0.1) is 6.92 Å². The van der Waals surface area contributed by atoms with E-state index in [2.05, 4.69) is 10.1 Å². The van der Waals surface area contributed by atoms with E-state index in [4.69, 9.17) is 4.74 Å². The lowest BCUT2D eigenvalue weighted by Crippen LogP contribution is -2.10. The van der Waals surface area contributed by atoms with Crippen molar-refractivity contribution in [2.24, 2.45) is 0 Å². The van der Waals surface area contributed by atoms with Gasteiger partial charge < -0.3 is 4.74 Å². The molecule has 0 aliphatic carbocycles. The zero-order valence-electron chi connectivity index (χ0n) is 8.60. The molecule has 2 aromatic heterocycles. The molecule has 0 aliphatic rings. The van der Waals surface area contributed by atoms with Crippen molar-refractivity contribution in [3.05, 3.63) is 29.7 Å². The number of carbonyl (C=O) groups excluding carboxylic acids is 1. The van der Waals surface area contributed by atoms with E-state index >= 15 is 0 Å². The van der Waals surface area contributed by atoms with Crippen LogP contribution in [0.1, 0.15) is 23.0 Å². The van der Waals surface area contributed by atoms with Crippen molar-refractivity contribution in [1.82, 2.24) is 14.6 Å². The van der Waals surface area contributed by atoms with Crippen LogP contribution in [-0.4, -0.2) is 27.2 Å². The Balaban J connectivity index is 2.52. The molecule has 5 heteroatoms. The molecule has 0 aliphatic heterocycles. The average Bonchev–Trinajstić information content (AvgIpc) is 2.67.